The minimum absolute atomic E-state index is 0.472. The zero-order valence-corrected chi connectivity index (χ0v) is 10.8. The van der Waals surface area contributed by atoms with E-state index in [1.54, 1.807) is 13.3 Å². The molecule has 1 unspecified atom stereocenters. The molecule has 2 rings (SSSR count). The Hall–Kier alpha value is -0.840. The lowest BCUT2D eigenvalue weighted by atomic mass is 10.1. The molecule has 1 aliphatic heterocycles. The molecular formula is C12H18ClN3O. The maximum Gasteiger partial charge on any atom is 0.147 e. The SMILES string of the molecule is COCC1CCN(c2ncc(CN)cc2Cl)C1. The van der Waals surface area contributed by atoms with Crippen molar-refractivity contribution in [3.8, 4) is 0 Å². The van der Waals surface area contributed by atoms with E-state index in [4.69, 9.17) is 22.1 Å². The van der Waals surface area contributed by atoms with Gasteiger partial charge in [0.1, 0.15) is 5.82 Å². The molecule has 1 atom stereocenters. The highest BCUT2D eigenvalue weighted by Gasteiger charge is 2.24. The molecule has 1 aliphatic rings. The van der Waals surface area contributed by atoms with Gasteiger partial charge in [-0.05, 0) is 18.1 Å². The lowest BCUT2D eigenvalue weighted by Gasteiger charge is -2.19. The van der Waals surface area contributed by atoms with Crippen LogP contribution in [0, 0.1) is 5.92 Å². The molecule has 17 heavy (non-hydrogen) atoms. The summed E-state index contributed by atoms with van der Waals surface area (Å²) in [6.45, 7) is 3.22. The molecule has 1 saturated heterocycles. The third kappa shape index (κ3) is 2.89. The molecule has 1 fully saturated rings. The van der Waals surface area contributed by atoms with Crippen LogP contribution in [0.5, 0.6) is 0 Å². The van der Waals surface area contributed by atoms with Crippen molar-refractivity contribution in [2.24, 2.45) is 11.7 Å². The predicted octanol–water partition coefficient (Wildman–Crippen LogP) is 1.67. The van der Waals surface area contributed by atoms with Gasteiger partial charge in [-0.2, -0.15) is 0 Å². The first kappa shape index (κ1) is 12.6. The summed E-state index contributed by atoms with van der Waals surface area (Å²) in [5, 5.41) is 0.686. The van der Waals surface area contributed by atoms with Gasteiger partial charge in [-0.1, -0.05) is 11.6 Å². The summed E-state index contributed by atoms with van der Waals surface area (Å²) in [6.07, 6.45) is 2.93. The number of nitrogens with zero attached hydrogens (tertiary/aromatic N) is 2. The lowest BCUT2D eigenvalue weighted by Crippen LogP contribution is -2.22. The van der Waals surface area contributed by atoms with Crippen LogP contribution in [-0.4, -0.2) is 31.8 Å². The number of methoxy groups -OCH3 is 1. The molecule has 5 heteroatoms. The fourth-order valence-electron chi connectivity index (χ4n) is 2.21. The highest BCUT2D eigenvalue weighted by Crippen LogP contribution is 2.28. The van der Waals surface area contributed by atoms with Gasteiger partial charge in [0.05, 0.1) is 11.6 Å². The van der Waals surface area contributed by atoms with Crippen molar-refractivity contribution in [3.63, 3.8) is 0 Å². The molecule has 2 N–H and O–H groups in total. The summed E-state index contributed by atoms with van der Waals surface area (Å²) in [5.74, 6) is 1.44. The number of pyridine rings is 1. The smallest absolute Gasteiger partial charge is 0.147 e. The van der Waals surface area contributed by atoms with E-state index in [0.29, 0.717) is 17.5 Å². The Morgan fingerprint density at radius 2 is 2.47 bits per heavy atom. The van der Waals surface area contributed by atoms with Crippen molar-refractivity contribution in [2.45, 2.75) is 13.0 Å². The number of nitrogens with two attached hydrogens (primary N) is 1. The topological polar surface area (TPSA) is 51.4 Å². The molecule has 2 heterocycles. The Labute approximate surface area is 107 Å². The van der Waals surface area contributed by atoms with Crippen LogP contribution in [0.15, 0.2) is 12.3 Å². The van der Waals surface area contributed by atoms with E-state index >= 15 is 0 Å². The van der Waals surface area contributed by atoms with Crippen LogP contribution in [0.3, 0.4) is 0 Å². The second kappa shape index (κ2) is 5.67. The maximum atomic E-state index is 6.22. The van der Waals surface area contributed by atoms with Gasteiger partial charge in [0, 0.05) is 38.9 Å². The minimum atomic E-state index is 0.472. The van der Waals surface area contributed by atoms with Gasteiger partial charge in [0.25, 0.3) is 0 Å². The summed E-state index contributed by atoms with van der Waals surface area (Å²) in [6, 6.07) is 1.90. The summed E-state index contributed by atoms with van der Waals surface area (Å²) >= 11 is 6.22. The molecular weight excluding hydrogens is 238 g/mol. The van der Waals surface area contributed by atoms with E-state index in [0.717, 1.165) is 37.5 Å². The number of aromatic nitrogens is 1. The van der Waals surface area contributed by atoms with Gasteiger partial charge in [-0.25, -0.2) is 4.98 Å². The predicted molar refractivity (Wildman–Crippen MR) is 69.3 cm³/mol. The van der Waals surface area contributed by atoms with Crippen LogP contribution in [0.25, 0.3) is 0 Å². The van der Waals surface area contributed by atoms with Crippen LogP contribution in [0.1, 0.15) is 12.0 Å². The molecule has 1 aromatic rings. The maximum absolute atomic E-state index is 6.22. The minimum Gasteiger partial charge on any atom is -0.384 e. The third-order valence-electron chi connectivity index (χ3n) is 3.10. The van der Waals surface area contributed by atoms with E-state index < -0.39 is 0 Å². The average molecular weight is 256 g/mol. The Kier molecular flexibility index (Phi) is 4.20. The summed E-state index contributed by atoms with van der Waals surface area (Å²) in [5.41, 5.74) is 6.52. The molecule has 1 aromatic heterocycles. The highest BCUT2D eigenvalue weighted by atomic mass is 35.5. The largest absolute Gasteiger partial charge is 0.384 e. The molecule has 0 radical (unpaired) electrons. The second-order valence-electron chi connectivity index (χ2n) is 4.41. The summed E-state index contributed by atoms with van der Waals surface area (Å²) < 4.78 is 5.18. The Morgan fingerprint density at radius 1 is 1.65 bits per heavy atom. The fourth-order valence-corrected chi connectivity index (χ4v) is 2.52. The van der Waals surface area contributed by atoms with Gasteiger partial charge in [0.2, 0.25) is 0 Å². The number of hydrogen-bond donors (Lipinski definition) is 1. The van der Waals surface area contributed by atoms with Crippen LogP contribution in [-0.2, 0) is 11.3 Å². The van der Waals surface area contributed by atoms with E-state index in [1.807, 2.05) is 6.07 Å². The quantitative estimate of drug-likeness (QED) is 0.889. The van der Waals surface area contributed by atoms with E-state index in [1.165, 1.54) is 0 Å². The molecule has 4 nitrogen and oxygen atoms in total. The molecule has 94 valence electrons. The lowest BCUT2D eigenvalue weighted by molar-refractivity contribution is 0.161. The van der Waals surface area contributed by atoms with Gasteiger partial charge < -0.3 is 15.4 Å². The van der Waals surface area contributed by atoms with Crippen LogP contribution in [0.4, 0.5) is 5.82 Å². The fraction of sp³-hybridized carbons (Fsp3) is 0.583. The van der Waals surface area contributed by atoms with E-state index in [-0.39, 0.29) is 0 Å². The molecule has 0 aliphatic carbocycles. The average Bonchev–Trinajstić information content (AvgIpc) is 2.78. The number of hydrogen-bond acceptors (Lipinski definition) is 4. The first-order valence-corrected chi connectivity index (χ1v) is 6.20. The first-order valence-electron chi connectivity index (χ1n) is 5.83. The third-order valence-corrected chi connectivity index (χ3v) is 3.38. The number of halogens is 1. The Balaban J connectivity index is 2.08. The van der Waals surface area contributed by atoms with Crippen molar-refractivity contribution >= 4 is 17.4 Å². The normalized spacial score (nSPS) is 19.9. The van der Waals surface area contributed by atoms with Crippen molar-refractivity contribution in [1.82, 2.24) is 4.98 Å². The number of ether oxygens (including phenoxy) is 1. The van der Waals surface area contributed by atoms with Crippen molar-refractivity contribution in [2.75, 3.05) is 31.7 Å². The molecule has 0 bridgehead atoms. The first-order chi connectivity index (χ1) is 8.24. The van der Waals surface area contributed by atoms with Gasteiger partial charge in [-0.15, -0.1) is 0 Å². The van der Waals surface area contributed by atoms with Crippen LogP contribution >= 0.6 is 11.6 Å². The van der Waals surface area contributed by atoms with Gasteiger partial charge >= 0.3 is 0 Å². The second-order valence-corrected chi connectivity index (χ2v) is 4.82. The van der Waals surface area contributed by atoms with Crippen molar-refractivity contribution in [3.05, 3.63) is 22.8 Å². The number of rotatable bonds is 4. The standard InChI is InChI=1S/C12H18ClN3O/c1-17-8-9-2-3-16(7-9)12-11(13)4-10(5-14)6-15-12/h4,6,9H,2-3,5,7-8,14H2,1H3. The molecule has 0 amide bonds. The van der Waals surface area contributed by atoms with Crippen LogP contribution < -0.4 is 10.6 Å². The zero-order valence-electron chi connectivity index (χ0n) is 10.0. The van der Waals surface area contributed by atoms with E-state index in [2.05, 4.69) is 9.88 Å². The van der Waals surface area contributed by atoms with E-state index in [9.17, 15) is 0 Å². The zero-order chi connectivity index (χ0) is 12.3. The summed E-state index contributed by atoms with van der Waals surface area (Å²) in [7, 11) is 1.74. The van der Waals surface area contributed by atoms with Gasteiger partial charge in [0.15, 0.2) is 0 Å². The van der Waals surface area contributed by atoms with Crippen molar-refractivity contribution < 1.29 is 4.74 Å². The van der Waals surface area contributed by atoms with Crippen LogP contribution in [0.2, 0.25) is 5.02 Å². The molecule has 0 spiro atoms. The molecule has 0 aromatic carbocycles. The summed E-state index contributed by atoms with van der Waals surface area (Å²) in [4.78, 5) is 6.61. The van der Waals surface area contributed by atoms with Crippen molar-refractivity contribution in [1.29, 1.82) is 0 Å². The highest BCUT2D eigenvalue weighted by molar-refractivity contribution is 6.33. The molecule has 0 saturated carbocycles. The Morgan fingerprint density at radius 3 is 3.12 bits per heavy atom. The Bertz CT molecular complexity index is 386. The number of anilines is 1. The monoisotopic (exact) mass is 255 g/mol. The van der Waals surface area contributed by atoms with Gasteiger partial charge in [-0.3, -0.25) is 0 Å².